The van der Waals surface area contributed by atoms with Gasteiger partial charge in [0.05, 0.1) is 17.3 Å². The molecule has 2 unspecified atom stereocenters. The van der Waals surface area contributed by atoms with Gasteiger partial charge in [0.1, 0.15) is 44.0 Å². The van der Waals surface area contributed by atoms with Crippen LogP contribution < -0.4 is 20.2 Å². The Balaban J connectivity index is 0.914. The van der Waals surface area contributed by atoms with Crippen LogP contribution in [0.1, 0.15) is 18.4 Å². The molecule has 2 aliphatic heterocycles. The van der Waals surface area contributed by atoms with E-state index in [0.29, 0.717) is 41.8 Å². The highest BCUT2D eigenvalue weighted by atomic mass is 35.5. The summed E-state index contributed by atoms with van der Waals surface area (Å²) >= 11 is 12.7. The average Bonchev–Trinajstić information content (AvgIpc) is 3.89. The van der Waals surface area contributed by atoms with Gasteiger partial charge in [-0.25, -0.2) is 23.7 Å². The number of terminal acetylenes is 1. The van der Waals surface area contributed by atoms with E-state index in [-0.39, 0.29) is 18.3 Å². The molecular weight excluding hydrogens is 679 g/mol. The van der Waals surface area contributed by atoms with E-state index >= 15 is 0 Å². The summed E-state index contributed by atoms with van der Waals surface area (Å²) in [6.07, 6.45) is 11.0. The largest absolute Gasteiger partial charge is 0.491 e. The van der Waals surface area contributed by atoms with Crippen molar-refractivity contribution in [3.05, 3.63) is 112 Å². The van der Waals surface area contributed by atoms with Crippen molar-refractivity contribution >= 4 is 34.6 Å². The molecule has 50 heavy (non-hydrogen) atoms. The number of hydrogen-bond acceptors (Lipinski definition) is 9. The molecule has 0 radical (unpaired) electrons. The molecule has 0 spiro atoms. The van der Waals surface area contributed by atoms with Crippen LogP contribution in [0.15, 0.2) is 90.5 Å². The van der Waals surface area contributed by atoms with Crippen LogP contribution in [0.25, 0.3) is 5.69 Å². The monoisotopic (exact) mass is 714 g/mol. The number of hydrogen-bond donors (Lipinski definition) is 0. The van der Waals surface area contributed by atoms with Gasteiger partial charge in [-0.15, -0.1) is 12.3 Å². The number of halogens is 2. The molecule has 0 amide bonds. The normalized spacial score (nSPS) is 19.1. The summed E-state index contributed by atoms with van der Waals surface area (Å²) in [5.41, 5.74) is 3.54. The predicted octanol–water partition coefficient (Wildman–Crippen LogP) is 5.02. The molecule has 7 rings (SSSR count). The topological polar surface area (TPSA) is 105 Å². The minimum absolute atomic E-state index is 0.165. The summed E-state index contributed by atoms with van der Waals surface area (Å²) in [6, 6.07) is 21.4. The zero-order valence-electron chi connectivity index (χ0n) is 27.3. The molecule has 0 saturated carbocycles. The van der Waals surface area contributed by atoms with Crippen LogP contribution in [0.4, 0.5) is 11.4 Å². The molecule has 2 aromatic heterocycles. The van der Waals surface area contributed by atoms with E-state index in [1.807, 2.05) is 30.3 Å². The van der Waals surface area contributed by atoms with Crippen molar-refractivity contribution in [3.8, 4) is 23.8 Å². The second kappa shape index (κ2) is 15.0. The lowest BCUT2D eigenvalue weighted by atomic mass is 10.1. The van der Waals surface area contributed by atoms with Crippen molar-refractivity contribution in [1.29, 1.82) is 0 Å². The lowest BCUT2D eigenvalue weighted by Crippen LogP contribution is -2.46. The van der Waals surface area contributed by atoms with Crippen LogP contribution in [0.5, 0.6) is 5.75 Å². The predicted molar refractivity (Wildman–Crippen MR) is 191 cm³/mol. The smallest absolute Gasteiger partial charge is 0.350 e. The number of anilines is 2. The standard InChI is InChI=1S/C36H36Cl2N8O4/c1-2-3-4-15-46-35(47)45(26-41-46)30-8-6-28(7-9-30)42-16-18-43(19-17-42)29-10-12-31(13-11-29)48-21-32-22-49-36(50-32,23-44-25-39-24-40-44)33-14-5-27(37)20-34(33)38/h1,5-14,20,24-26,32H,3-4,15-19,21-23H2. The molecule has 0 N–H and O–H groups in total. The number of aryl methyl sites for hydroxylation is 1. The lowest BCUT2D eigenvalue weighted by molar-refractivity contribution is -0.190. The number of ether oxygens (including phenoxy) is 3. The zero-order chi connectivity index (χ0) is 34.5. The number of aromatic nitrogens is 6. The molecule has 258 valence electrons. The Morgan fingerprint density at radius 3 is 2.28 bits per heavy atom. The van der Waals surface area contributed by atoms with Crippen molar-refractivity contribution in [3.63, 3.8) is 0 Å². The van der Waals surface area contributed by atoms with E-state index < -0.39 is 5.79 Å². The van der Waals surface area contributed by atoms with Crippen molar-refractivity contribution < 1.29 is 14.2 Å². The minimum Gasteiger partial charge on any atom is -0.491 e. The number of unbranched alkanes of at least 4 members (excludes halogenated alkanes) is 1. The van der Waals surface area contributed by atoms with Gasteiger partial charge in [-0.05, 0) is 67.1 Å². The van der Waals surface area contributed by atoms with Gasteiger partial charge in [-0.2, -0.15) is 10.2 Å². The fourth-order valence-electron chi connectivity index (χ4n) is 6.27. The first-order chi connectivity index (χ1) is 24.4. The highest BCUT2D eigenvalue weighted by Gasteiger charge is 2.45. The molecule has 3 aromatic carbocycles. The maximum absolute atomic E-state index is 12.7. The van der Waals surface area contributed by atoms with Crippen LogP contribution in [-0.4, -0.2) is 74.6 Å². The van der Waals surface area contributed by atoms with Gasteiger partial charge in [-0.3, -0.25) is 0 Å². The third kappa shape index (κ3) is 7.37. The van der Waals surface area contributed by atoms with E-state index in [0.717, 1.165) is 55.4 Å². The summed E-state index contributed by atoms with van der Waals surface area (Å²) in [7, 11) is 0. The maximum Gasteiger partial charge on any atom is 0.350 e. The van der Waals surface area contributed by atoms with Crippen LogP contribution in [0.2, 0.25) is 10.0 Å². The second-order valence-corrected chi connectivity index (χ2v) is 13.0. The molecular formula is C36H36Cl2N8O4. The second-order valence-electron chi connectivity index (χ2n) is 12.1. The third-order valence-corrected chi connectivity index (χ3v) is 9.42. The number of benzene rings is 3. The minimum atomic E-state index is -1.16. The van der Waals surface area contributed by atoms with Gasteiger partial charge in [0.15, 0.2) is 0 Å². The van der Waals surface area contributed by atoms with Gasteiger partial charge in [0, 0.05) is 61.1 Å². The van der Waals surface area contributed by atoms with Crippen molar-refractivity contribution in [1.82, 2.24) is 29.1 Å². The molecule has 12 nitrogen and oxygen atoms in total. The van der Waals surface area contributed by atoms with Crippen molar-refractivity contribution in [2.24, 2.45) is 0 Å². The quantitative estimate of drug-likeness (QED) is 0.130. The van der Waals surface area contributed by atoms with Gasteiger partial charge in [0.25, 0.3) is 0 Å². The van der Waals surface area contributed by atoms with Crippen molar-refractivity contribution in [2.45, 2.75) is 37.8 Å². The molecule has 2 saturated heterocycles. The molecule has 0 bridgehead atoms. The zero-order valence-corrected chi connectivity index (χ0v) is 28.8. The van der Waals surface area contributed by atoms with E-state index in [9.17, 15) is 4.79 Å². The van der Waals surface area contributed by atoms with E-state index in [1.54, 1.807) is 34.0 Å². The molecule has 2 aliphatic rings. The Hall–Kier alpha value is -4.80. The number of piperazine rings is 1. The SMILES string of the molecule is C#CCCCn1ncn(-c2ccc(N3CCN(c4ccc(OCC5COC(Cn6cncn6)(c6ccc(Cl)cc6Cl)O5)cc4)CC3)cc2)c1=O. The Morgan fingerprint density at radius 1 is 0.920 bits per heavy atom. The first-order valence-corrected chi connectivity index (χ1v) is 17.2. The molecule has 4 heterocycles. The number of rotatable bonds is 12. The molecule has 2 fully saturated rings. The highest BCUT2D eigenvalue weighted by molar-refractivity contribution is 6.35. The summed E-state index contributed by atoms with van der Waals surface area (Å²) in [5.74, 6) is 2.17. The summed E-state index contributed by atoms with van der Waals surface area (Å²) in [6.45, 7) is 4.88. The Labute approximate surface area is 299 Å². The summed E-state index contributed by atoms with van der Waals surface area (Å²) < 4.78 is 23.5. The molecule has 0 aliphatic carbocycles. The Morgan fingerprint density at radius 2 is 1.62 bits per heavy atom. The van der Waals surface area contributed by atoms with Crippen LogP contribution in [-0.2, 0) is 28.4 Å². The van der Waals surface area contributed by atoms with Gasteiger partial charge >= 0.3 is 5.69 Å². The molecule has 5 aromatic rings. The fourth-order valence-corrected chi connectivity index (χ4v) is 6.82. The summed E-state index contributed by atoms with van der Waals surface area (Å²) in [4.78, 5) is 21.5. The third-order valence-electron chi connectivity index (χ3n) is 8.87. The van der Waals surface area contributed by atoms with Gasteiger partial charge < -0.3 is 24.0 Å². The molecule has 14 heteroatoms. The van der Waals surface area contributed by atoms with Crippen LogP contribution in [0, 0.1) is 12.3 Å². The highest BCUT2D eigenvalue weighted by Crippen LogP contribution is 2.40. The van der Waals surface area contributed by atoms with Crippen molar-refractivity contribution in [2.75, 3.05) is 49.2 Å². The van der Waals surface area contributed by atoms with E-state index in [1.165, 1.54) is 11.0 Å². The Bertz CT molecular complexity index is 1980. The van der Waals surface area contributed by atoms with E-state index in [2.05, 4.69) is 55.2 Å². The molecule has 2 atom stereocenters. The lowest BCUT2D eigenvalue weighted by Gasteiger charge is -2.37. The van der Waals surface area contributed by atoms with E-state index in [4.69, 9.17) is 43.8 Å². The maximum atomic E-state index is 12.7. The van der Waals surface area contributed by atoms with Gasteiger partial charge in [-0.1, -0.05) is 29.3 Å². The first-order valence-electron chi connectivity index (χ1n) is 16.4. The average molecular weight is 716 g/mol. The van der Waals surface area contributed by atoms with Gasteiger partial charge in [0.2, 0.25) is 5.79 Å². The van der Waals surface area contributed by atoms with Crippen LogP contribution >= 0.6 is 23.2 Å². The number of nitrogens with zero attached hydrogens (tertiary/aromatic N) is 8. The Kier molecular flexibility index (Phi) is 10.1. The first kappa shape index (κ1) is 33.7. The fraction of sp³-hybridized carbons (Fsp3) is 0.333. The van der Waals surface area contributed by atoms with Crippen LogP contribution in [0.3, 0.4) is 0 Å². The summed E-state index contributed by atoms with van der Waals surface area (Å²) in [5, 5.41) is 9.43.